The topological polar surface area (TPSA) is 121 Å². The Kier molecular flexibility index (Phi) is 8.72. The van der Waals surface area contributed by atoms with E-state index < -0.39 is 37.3 Å². The molecule has 5 N–H and O–H groups in total. The van der Waals surface area contributed by atoms with Crippen LogP contribution in [-0.2, 0) is 16.1 Å². The van der Waals surface area contributed by atoms with Gasteiger partial charge in [0.25, 0.3) is 0 Å². The average molecular weight is 442 g/mol. The highest BCUT2D eigenvalue weighted by Crippen LogP contribution is 2.33. The molecule has 2 rings (SSSR count). The molecule has 1 aliphatic rings. The minimum Gasteiger partial charge on any atom is -0.460 e. The quantitative estimate of drug-likeness (QED) is 0.395. The molecule has 1 aromatic rings. The average Bonchev–Trinajstić information content (AvgIpc) is 2.67. The highest BCUT2D eigenvalue weighted by Gasteiger charge is 2.45. The van der Waals surface area contributed by atoms with Crippen LogP contribution in [0.15, 0.2) is 18.2 Å². The van der Waals surface area contributed by atoms with Gasteiger partial charge in [-0.2, -0.15) is 0 Å². The Morgan fingerprint density at radius 1 is 1.03 bits per heavy atom. The number of nitrogens with one attached hydrogen (secondary N) is 1. The van der Waals surface area contributed by atoms with Crippen molar-refractivity contribution in [1.29, 1.82) is 0 Å². The molecule has 1 heterocycles. The van der Waals surface area contributed by atoms with Crippen molar-refractivity contribution in [3.05, 3.63) is 23.8 Å². The van der Waals surface area contributed by atoms with Crippen LogP contribution in [0.3, 0.4) is 0 Å². The maximum atomic E-state index is 10.3. The second-order valence-electron chi connectivity index (χ2n) is 9.81. The highest BCUT2D eigenvalue weighted by atomic mass is 16.7. The van der Waals surface area contributed by atoms with Crippen LogP contribution >= 0.6 is 0 Å². The molecule has 1 aliphatic heterocycles. The van der Waals surface area contributed by atoms with Crippen LogP contribution in [0.1, 0.15) is 59.9 Å². The fraction of sp³-hybridized carbons (Fsp3) is 0.739. The third-order valence-electron chi connectivity index (χ3n) is 5.16. The first kappa shape index (κ1) is 25.8. The summed E-state index contributed by atoms with van der Waals surface area (Å²) >= 11 is 0. The summed E-state index contributed by atoms with van der Waals surface area (Å²) in [4.78, 5) is 0. The minimum absolute atomic E-state index is 0.217. The molecule has 5 atom stereocenters. The molecule has 0 aliphatic carbocycles. The number of aliphatic hydroxyl groups is 4. The fourth-order valence-corrected chi connectivity index (χ4v) is 3.51. The standard InChI is InChI=1S/C23H39NO7/c1-7-10-23(5,6)24-15-11-14(13-29-22(2,3)4)8-9-16(15)30-21-20(28)19(27)18(26)17(12-25)31-21/h8-9,11,17-21,24-28H,7,10,12-13H2,1-6H3. The molecule has 31 heavy (non-hydrogen) atoms. The van der Waals surface area contributed by atoms with Crippen LogP contribution in [-0.4, -0.2) is 68.9 Å². The van der Waals surface area contributed by atoms with E-state index in [0.717, 1.165) is 18.4 Å². The van der Waals surface area contributed by atoms with Gasteiger partial charge in [-0.25, -0.2) is 0 Å². The molecule has 0 spiro atoms. The number of anilines is 1. The van der Waals surface area contributed by atoms with Gasteiger partial charge in [0.05, 0.1) is 24.5 Å². The molecule has 5 unspecified atom stereocenters. The zero-order valence-corrected chi connectivity index (χ0v) is 19.5. The molecular weight excluding hydrogens is 402 g/mol. The van der Waals surface area contributed by atoms with Gasteiger partial charge in [0.2, 0.25) is 6.29 Å². The van der Waals surface area contributed by atoms with Gasteiger partial charge in [0.15, 0.2) is 0 Å². The molecule has 0 saturated carbocycles. The van der Waals surface area contributed by atoms with E-state index in [1.54, 1.807) is 6.07 Å². The molecule has 178 valence electrons. The van der Waals surface area contributed by atoms with Gasteiger partial charge in [-0.05, 0) is 58.7 Å². The van der Waals surface area contributed by atoms with E-state index >= 15 is 0 Å². The Labute approximate surface area is 185 Å². The van der Waals surface area contributed by atoms with Crippen molar-refractivity contribution >= 4 is 5.69 Å². The van der Waals surface area contributed by atoms with Crippen LogP contribution in [0.25, 0.3) is 0 Å². The van der Waals surface area contributed by atoms with E-state index in [9.17, 15) is 20.4 Å². The number of rotatable bonds is 9. The van der Waals surface area contributed by atoms with E-state index in [2.05, 4.69) is 26.1 Å². The maximum absolute atomic E-state index is 10.3. The smallest absolute Gasteiger partial charge is 0.229 e. The summed E-state index contributed by atoms with van der Waals surface area (Å²) in [6.07, 6.45) is -4.76. The molecule has 1 saturated heterocycles. The predicted octanol–water partition coefficient (Wildman–Crippen LogP) is 2.17. The van der Waals surface area contributed by atoms with Crippen LogP contribution in [0, 0.1) is 0 Å². The van der Waals surface area contributed by atoms with Gasteiger partial charge in [-0.3, -0.25) is 0 Å². The zero-order chi connectivity index (χ0) is 23.4. The summed E-state index contributed by atoms with van der Waals surface area (Å²) in [5.41, 5.74) is 1.16. The van der Waals surface area contributed by atoms with Crippen molar-refractivity contribution in [3.63, 3.8) is 0 Å². The SMILES string of the molecule is CCCC(C)(C)Nc1cc(COC(C)(C)C)ccc1OC1OC(CO)C(O)C(O)C1O. The molecule has 0 radical (unpaired) electrons. The molecule has 0 bridgehead atoms. The van der Waals surface area contributed by atoms with E-state index in [0.29, 0.717) is 18.0 Å². The number of hydrogen-bond acceptors (Lipinski definition) is 8. The Morgan fingerprint density at radius 3 is 2.29 bits per heavy atom. The number of ether oxygens (including phenoxy) is 3. The summed E-state index contributed by atoms with van der Waals surface area (Å²) in [6, 6.07) is 5.55. The Hall–Kier alpha value is -1.42. The lowest BCUT2D eigenvalue weighted by Gasteiger charge is -2.40. The monoisotopic (exact) mass is 441 g/mol. The van der Waals surface area contributed by atoms with Crippen molar-refractivity contribution in [2.75, 3.05) is 11.9 Å². The third kappa shape index (κ3) is 7.30. The second-order valence-corrected chi connectivity index (χ2v) is 9.81. The van der Waals surface area contributed by atoms with Gasteiger partial charge in [0, 0.05) is 5.54 Å². The van der Waals surface area contributed by atoms with E-state index in [-0.39, 0.29) is 11.1 Å². The fourth-order valence-electron chi connectivity index (χ4n) is 3.51. The molecule has 0 aromatic heterocycles. The predicted molar refractivity (Wildman–Crippen MR) is 118 cm³/mol. The zero-order valence-electron chi connectivity index (χ0n) is 19.5. The number of aliphatic hydroxyl groups excluding tert-OH is 4. The van der Waals surface area contributed by atoms with Crippen LogP contribution in [0.2, 0.25) is 0 Å². The van der Waals surface area contributed by atoms with Crippen LogP contribution < -0.4 is 10.1 Å². The first-order valence-corrected chi connectivity index (χ1v) is 10.9. The van der Waals surface area contributed by atoms with Crippen LogP contribution in [0.5, 0.6) is 5.75 Å². The van der Waals surface area contributed by atoms with E-state index in [1.807, 2.05) is 32.9 Å². The Balaban J connectivity index is 2.29. The molecule has 8 heteroatoms. The van der Waals surface area contributed by atoms with Crippen molar-refractivity contribution in [3.8, 4) is 5.75 Å². The lowest BCUT2D eigenvalue weighted by molar-refractivity contribution is -0.277. The highest BCUT2D eigenvalue weighted by molar-refractivity contribution is 5.59. The van der Waals surface area contributed by atoms with E-state index in [4.69, 9.17) is 14.2 Å². The summed E-state index contributed by atoms with van der Waals surface area (Å²) in [5, 5.41) is 43.3. The first-order valence-electron chi connectivity index (χ1n) is 10.9. The first-order chi connectivity index (χ1) is 14.4. The summed E-state index contributed by atoms with van der Waals surface area (Å²) in [6.45, 7) is 12.2. The molecule has 1 aromatic carbocycles. The molecule has 1 fully saturated rings. The lowest BCUT2D eigenvalue weighted by Crippen LogP contribution is -2.60. The molecular formula is C23H39NO7. The van der Waals surface area contributed by atoms with Gasteiger partial charge in [-0.1, -0.05) is 19.4 Å². The minimum atomic E-state index is -1.50. The van der Waals surface area contributed by atoms with Crippen molar-refractivity contribution in [1.82, 2.24) is 0 Å². The maximum Gasteiger partial charge on any atom is 0.229 e. The Bertz CT molecular complexity index is 702. The van der Waals surface area contributed by atoms with Gasteiger partial charge < -0.3 is 40.0 Å². The largest absolute Gasteiger partial charge is 0.460 e. The molecule has 0 amide bonds. The Morgan fingerprint density at radius 2 is 1.71 bits per heavy atom. The van der Waals surface area contributed by atoms with Crippen molar-refractivity contribution < 1.29 is 34.6 Å². The summed E-state index contributed by atoms with van der Waals surface area (Å²) in [5.74, 6) is 0.424. The van der Waals surface area contributed by atoms with Crippen LogP contribution in [0.4, 0.5) is 5.69 Å². The normalized spacial score (nSPS) is 27.2. The summed E-state index contributed by atoms with van der Waals surface area (Å²) in [7, 11) is 0. The number of hydrogen-bond donors (Lipinski definition) is 5. The second kappa shape index (κ2) is 10.5. The van der Waals surface area contributed by atoms with Gasteiger partial charge in [-0.15, -0.1) is 0 Å². The van der Waals surface area contributed by atoms with Crippen molar-refractivity contribution in [2.45, 2.75) is 103 Å². The van der Waals surface area contributed by atoms with Crippen molar-refractivity contribution in [2.24, 2.45) is 0 Å². The summed E-state index contributed by atoms with van der Waals surface area (Å²) < 4.78 is 17.3. The third-order valence-corrected chi connectivity index (χ3v) is 5.16. The lowest BCUT2D eigenvalue weighted by atomic mass is 9.98. The number of benzene rings is 1. The van der Waals surface area contributed by atoms with Gasteiger partial charge in [0.1, 0.15) is 30.2 Å². The molecule has 8 nitrogen and oxygen atoms in total. The van der Waals surface area contributed by atoms with Gasteiger partial charge >= 0.3 is 0 Å². The van der Waals surface area contributed by atoms with E-state index in [1.165, 1.54) is 0 Å².